The molecule has 0 aromatic carbocycles. The van der Waals surface area contributed by atoms with Crippen LogP contribution < -0.4 is 18.9 Å². The van der Waals surface area contributed by atoms with Gasteiger partial charge in [0.15, 0.2) is 0 Å². The molecule has 1 saturated heterocycles. The van der Waals surface area contributed by atoms with Gasteiger partial charge in [-0.05, 0) is 64.1 Å². The maximum atomic E-state index is 11.0. The minimum absolute atomic E-state index is 0. The summed E-state index contributed by atoms with van der Waals surface area (Å²) in [5.74, 6) is -0.217. The van der Waals surface area contributed by atoms with Gasteiger partial charge in [-0.1, -0.05) is 19.4 Å². The molecule has 9 heteroatoms. The van der Waals surface area contributed by atoms with Gasteiger partial charge in [0.2, 0.25) is 0 Å². The molecular weight excluding hydrogens is 475 g/mol. The number of hydrogen-bond donors (Lipinski definition) is 0. The number of carbonyl (C=O) groups excluding carboxylic acids is 2. The van der Waals surface area contributed by atoms with Crippen LogP contribution in [0, 0.1) is 20.8 Å². The molecule has 0 unspecified atom stereocenters. The zero-order valence-corrected chi connectivity index (χ0v) is 23.4. The number of rotatable bonds is 4. The van der Waals surface area contributed by atoms with Crippen LogP contribution in [0.2, 0.25) is 0 Å². The van der Waals surface area contributed by atoms with E-state index in [0.29, 0.717) is 18.1 Å². The van der Waals surface area contributed by atoms with Crippen molar-refractivity contribution in [1.29, 1.82) is 0 Å². The molecule has 184 valence electrons. The summed E-state index contributed by atoms with van der Waals surface area (Å²) < 4.78 is 13.9. The molecule has 1 aliphatic heterocycles. The van der Waals surface area contributed by atoms with Crippen molar-refractivity contribution in [1.82, 2.24) is 0 Å². The first-order valence-electron chi connectivity index (χ1n) is 10.7. The van der Waals surface area contributed by atoms with E-state index >= 15 is 0 Å². The van der Waals surface area contributed by atoms with E-state index in [2.05, 4.69) is 43.0 Å². The molecular formula is C24H38ClLiO5S2. The fourth-order valence-corrected chi connectivity index (χ4v) is 3.13. The Kier molecular flexibility index (Phi) is 30.5. The van der Waals surface area contributed by atoms with E-state index in [-0.39, 0.29) is 24.8 Å². The number of thiophene rings is 2. The number of aryl methyl sites for hydroxylation is 2. The topological polar surface area (TPSA) is 61.8 Å². The smallest absolute Gasteiger partial charge is 0.462 e. The molecule has 0 radical (unpaired) electrons. The second kappa shape index (κ2) is 27.4. The molecule has 0 atom stereocenters. The first-order valence-corrected chi connectivity index (χ1v) is 12.8. The van der Waals surface area contributed by atoms with E-state index in [1.165, 1.54) is 35.5 Å². The Hall–Kier alpha value is -0.813. The Morgan fingerprint density at radius 1 is 1.03 bits per heavy atom. The van der Waals surface area contributed by atoms with Crippen LogP contribution in [0.1, 0.15) is 65.9 Å². The molecule has 0 aliphatic carbocycles. The number of hydrogen-bond acceptors (Lipinski definition) is 7. The summed E-state index contributed by atoms with van der Waals surface area (Å²) in [5.41, 5.74) is -0.738. The molecule has 3 heterocycles. The second-order valence-electron chi connectivity index (χ2n) is 6.20. The molecule has 5 nitrogen and oxygen atoms in total. The number of ether oxygens (including phenoxy) is 3. The van der Waals surface area contributed by atoms with Gasteiger partial charge in [0.25, 0.3) is 0 Å². The Labute approximate surface area is 225 Å². The van der Waals surface area contributed by atoms with Crippen LogP contribution in [0.3, 0.4) is 0 Å². The summed E-state index contributed by atoms with van der Waals surface area (Å²) in [7, 11) is 0. The average Bonchev–Trinajstić information content (AvgIpc) is 3.54. The van der Waals surface area contributed by atoms with E-state index in [4.69, 9.17) is 21.1 Å². The van der Waals surface area contributed by atoms with Gasteiger partial charge in [0, 0.05) is 34.6 Å². The third-order valence-corrected chi connectivity index (χ3v) is 5.21. The summed E-state index contributed by atoms with van der Waals surface area (Å²) in [6.07, 6.45) is 4.83. The Bertz CT molecular complexity index is 665. The van der Waals surface area contributed by atoms with Gasteiger partial charge in [-0.25, -0.2) is 9.59 Å². The third kappa shape index (κ3) is 27.3. The predicted octanol–water partition coefficient (Wildman–Crippen LogP) is 5.09. The maximum absolute atomic E-state index is 11.0. The van der Waals surface area contributed by atoms with E-state index in [0.717, 1.165) is 24.5 Å². The quantitative estimate of drug-likeness (QED) is 0.247. The number of carbonyl (C=O) groups is 2. The van der Waals surface area contributed by atoms with Gasteiger partial charge < -0.3 is 21.1 Å². The molecule has 0 bridgehead atoms. The van der Waals surface area contributed by atoms with Crippen LogP contribution in [0.25, 0.3) is 0 Å². The van der Waals surface area contributed by atoms with Crippen LogP contribution in [0.4, 0.5) is 4.79 Å². The first-order chi connectivity index (χ1) is 15.3. The average molecular weight is 513 g/mol. The third-order valence-electron chi connectivity index (χ3n) is 3.32. The van der Waals surface area contributed by atoms with Crippen molar-refractivity contribution < 1.29 is 42.7 Å². The minimum atomic E-state index is -0.738. The molecule has 33 heavy (non-hydrogen) atoms. The standard InChI is InChI=1S/C8H10O2S.C5H6S.C4H8O.C4H9.C3H5ClO2.Li/c1-3-10-8(9)7-5-4-6(2)11-7;1-5-3-2-4-6-5;1-2-4-5-3-1;1-3-4-2;1-2-6-3(4)5;/h4-5H,3H2,1-2H3;2-4H,1H3;1-4H2;1,3-4H2,2H3;2H2,1H3;/q;;;-1;;+1. The van der Waals surface area contributed by atoms with Crippen molar-refractivity contribution >= 4 is 45.7 Å². The summed E-state index contributed by atoms with van der Waals surface area (Å²) in [6, 6.07) is 7.86. The van der Waals surface area contributed by atoms with Gasteiger partial charge in [-0.3, -0.25) is 0 Å². The van der Waals surface area contributed by atoms with Crippen molar-refractivity contribution in [3.63, 3.8) is 0 Å². The van der Waals surface area contributed by atoms with Crippen molar-refractivity contribution in [2.24, 2.45) is 0 Å². The first kappa shape index (κ1) is 36.7. The summed E-state index contributed by atoms with van der Waals surface area (Å²) >= 11 is 7.96. The van der Waals surface area contributed by atoms with Crippen LogP contribution in [0.5, 0.6) is 0 Å². The predicted molar refractivity (Wildman–Crippen MR) is 137 cm³/mol. The zero-order valence-electron chi connectivity index (χ0n) is 21.0. The summed E-state index contributed by atoms with van der Waals surface area (Å²) in [5, 5.41) is 2.08. The fraction of sp³-hybridized carbons (Fsp3) is 0.542. The van der Waals surface area contributed by atoms with E-state index in [1.54, 1.807) is 31.3 Å². The van der Waals surface area contributed by atoms with E-state index < -0.39 is 5.43 Å². The van der Waals surface area contributed by atoms with Crippen molar-refractivity contribution in [2.45, 2.75) is 60.3 Å². The minimum Gasteiger partial charge on any atom is -0.462 e. The number of unbranched alkanes of at least 4 members (excludes halogenated alkanes) is 1. The molecule has 1 aliphatic rings. The van der Waals surface area contributed by atoms with Crippen LogP contribution in [-0.2, 0) is 14.2 Å². The van der Waals surface area contributed by atoms with Gasteiger partial charge >= 0.3 is 30.3 Å². The maximum Gasteiger partial charge on any atom is 1.00 e. The van der Waals surface area contributed by atoms with Crippen LogP contribution >= 0.6 is 34.3 Å². The Balaban J connectivity index is -0.000000357. The fourth-order valence-electron chi connectivity index (χ4n) is 1.73. The molecule has 0 N–H and O–H groups in total. The largest absolute Gasteiger partial charge is 1.00 e. The van der Waals surface area contributed by atoms with E-state index in [1.807, 2.05) is 13.0 Å². The SMILES string of the molecule is C1CCOC1.CCOC(=O)Cl.CCOC(=O)c1ccc(C)s1.Cc1cccs1.[CH2-]CCC.[Li+]. The molecule has 0 saturated carbocycles. The normalized spacial score (nSPS) is 10.8. The number of halogens is 1. The summed E-state index contributed by atoms with van der Waals surface area (Å²) in [4.78, 5) is 23.8. The van der Waals surface area contributed by atoms with Crippen molar-refractivity contribution in [2.75, 3.05) is 26.4 Å². The van der Waals surface area contributed by atoms with Crippen molar-refractivity contribution in [3.05, 3.63) is 51.2 Å². The van der Waals surface area contributed by atoms with Gasteiger partial charge in [-0.15, -0.1) is 22.7 Å². The van der Waals surface area contributed by atoms with Gasteiger partial charge in [0.05, 0.1) is 13.2 Å². The zero-order chi connectivity index (χ0) is 24.6. The van der Waals surface area contributed by atoms with Gasteiger partial charge in [0.1, 0.15) is 4.88 Å². The molecule has 2 aromatic heterocycles. The molecule has 0 amide bonds. The summed E-state index contributed by atoms with van der Waals surface area (Å²) in [6.45, 7) is 16.1. The Morgan fingerprint density at radius 2 is 1.61 bits per heavy atom. The number of esters is 1. The van der Waals surface area contributed by atoms with Crippen LogP contribution in [0.15, 0.2) is 29.6 Å². The van der Waals surface area contributed by atoms with Crippen molar-refractivity contribution in [3.8, 4) is 0 Å². The Morgan fingerprint density at radius 3 is 1.82 bits per heavy atom. The molecule has 3 rings (SSSR count). The van der Waals surface area contributed by atoms with E-state index in [9.17, 15) is 9.59 Å². The molecule has 1 fully saturated rings. The second-order valence-corrected chi connectivity index (χ2v) is 8.95. The van der Waals surface area contributed by atoms with Crippen LogP contribution in [-0.4, -0.2) is 37.8 Å². The van der Waals surface area contributed by atoms with Gasteiger partial charge in [-0.2, -0.15) is 6.42 Å². The monoisotopic (exact) mass is 512 g/mol. The molecule has 2 aromatic rings. The molecule has 0 spiro atoms.